The molecule has 0 spiro atoms. The number of amides is 1. The number of aryl methyl sites for hydroxylation is 1. The van der Waals surface area contributed by atoms with Crippen LogP contribution in [0.2, 0.25) is 0 Å². The topological polar surface area (TPSA) is 43.1 Å². The fourth-order valence-electron chi connectivity index (χ4n) is 2.12. The maximum atomic E-state index is 11.6. The normalized spacial score (nSPS) is 12.1. The van der Waals surface area contributed by atoms with Crippen molar-refractivity contribution in [3.05, 3.63) is 71.3 Å². The molecule has 2 N–H and O–H groups in total. The van der Waals surface area contributed by atoms with E-state index in [0.717, 1.165) is 16.7 Å². The maximum Gasteiger partial charge on any atom is 0.225 e. The van der Waals surface area contributed by atoms with Crippen LogP contribution in [0.5, 0.6) is 0 Å². The zero-order valence-electron chi connectivity index (χ0n) is 10.5. The minimum atomic E-state index is -0.274. The van der Waals surface area contributed by atoms with Gasteiger partial charge in [0.05, 0.1) is 5.92 Å². The zero-order valence-corrected chi connectivity index (χ0v) is 10.5. The van der Waals surface area contributed by atoms with Crippen molar-refractivity contribution in [1.82, 2.24) is 0 Å². The van der Waals surface area contributed by atoms with Crippen molar-refractivity contribution in [2.45, 2.75) is 19.3 Å². The Labute approximate surface area is 107 Å². The van der Waals surface area contributed by atoms with Gasteiger partial charge in [-0.3, -0.25) is 4.79 Å². The van der Waals surface area contributed by atoms with Crippen molar-refractivity contribution in [1.29, 1.82) is 0 Å². The van der Waals surface area contributed by atoms with Gasteiger partial charge in [0.25, 0.3) is 0 Å². The maximum absolute atomic E-state index is 11.6. The minimum Gasteiger partial charge on any atom is -0.369 e. The lowest BCUT2D eigenvalue weighted by atomic mass is 9.90. The Morgan fingerprint density at radius 3 is 2.44 bits per heavy atom. The van der Waals surface area contributed by atoms with E-state index in [9.17, 15) is 4.79 Å². The molecule has 0 bridgehead atoms. The molecule has 2 heteroatoms. The SMILES string of the molecule is Cc1cccc(C(Cc2ccccc2)C(N)=O)c1. The van der Waals surface area contributed by atoms with Gasteiger partial charge >= 0.3 is 0 Å². The average Bonchev–Trinajstić information content (AvgIpc) is 2.37. The number of carbonyl (C=O) groups excluding carboxylic acids is 1. The molecule has 0 fully saturated rings. The standard InChI is InChI=1S/C16H17NO/c1-12-6-5-9-14(10-12)15(16(17)18)11-13-7-3-2-4-8-13/h2-10,15H,11H2,1H3,(H2,17,18). The van der Waals surface area contributed by atoms with E-state index in [0.29, 0.717) is 6.42 Å². The molecule has 18 heavy (non-hydrogen) atoms. The summed E-state index contributed by atoms with van der Waals surface area (Å²) in [4.78, 5) is 11.6. The first kappa shape index (κ1) is 12.4. The van der Waals surface area contributed by atoms with Crippen LogP contribution in [-0.2, 0) is 11.2 Å². The van der Waals surface area contributed by atoms with Gasteiger partial charge in [-0.1, -0.05) is 60.2 Å². The third kappa shape index (κ3) is 2.98. The van der Waals surface area contributed by atoms with Gasteiger partial charge in [0.2, 0.25) is 5.91 Å². The molecule has 92 valence electrons. The van der Waals surface area contributed by atoms with E-state index < -0.39 is 0 Å². The third-order valence-electron chi connectivity index (χ3n) is 3.07. The fraction of sp³-hybridized carbons (Fsp3) is 0.188. The lowest BCUT2D eigenvalue weighted by molar-refractivity contribution is -0.119. The summed E-state index contributed by atoms with van der Waals surface area (Å²) in [5.41, 5.74) is 8.79. The molecule has 0 aliphatic heterocycles. The van der Waals surface area contributed by atoms with E-state index in [4.69, 9.17) is 5.73 Å². The molecular weight excluding hydrogens is 222 g/mol. The molecule has 0 aliphatic carbocycles. The number of hydrogen-bond acceptors (Lipinski definition) is 1. The van der Waals surface area contributed by atoms with Crippen LogP contribution in [0.3, 0.4) is 0 Å². The Kier molecular flexibility index (Phi) is 3.78. The van der Waals surface area contributed by atoms with Gasteiger partial charge in [0, 0.05) is 0 Å². The Balaban J connectivity index is 2.27. The van der Waals surface area contributed by atoms with Crippen molar-refractivity contribution < 1.29 is 4.79 Å². The average molecular weight is 239 g/mol. The van der Waals surface area contributed by atoms with Gasteiger partial charge in [-0.2, -0.15) is 0 Å². The van der Waals surface area contributed by atoms with Gasteiger partial charge in [0.1, 0.15) is 0 Å². The lowest BCUT2D eigenvalue weighted by Crippen LogP contribution is -2.23. The molecule has 1 atom stereocenters. The van der Waals surface area contributed by atoms with Crippen molar-refractivity contribution >= 4 is 5.91 Å². The van der Waals surface area contributed by atoms with Gasteiger partial charge < -0.3 is 5.73 Å². The van der Waals surface area contributed by atoms with E-state index in [1.165, 1.54) is 0 Å². The van der Waals surface area contributed by atoms with Crippen LogP contribution >= 0.6 is 0 Å². The molecule has 0 aliphatic rings. The number of nitrogens with two attached hydrogens (primary N) is 1. The van der Waals surface area contributed by atoms with Crippen LogP contribution in [0, 0.1) is 6.92 Å². The van der Waals surface area contributed by atoms with E-state index >= 15 is 0 Å². The first-order valence-electron chi connectivity index (χ1n) is 6.06. The Bertz CT molecular complexity index is 534. The molecule has 1 amide bonds. The van der Waals surface area contributed by atoms with E-state index in [2.05, 4.69) is 0 Å². The van der Waals surface area contributed by atoms with Crippen LogP contribution in [0.1, 0.15) is 22.6 Å². The van der Waals surface area contributed by atoms with Crippen molar-refractivity contribution in [2.75, 3.05) is 0 Å². The lowest BCUT2D eigenvalue weighted by Gasteiger charge is -2.14. The van der Waals surface area contributed by atoms with Crippen molar-refractivity contribution in [2.24, 2.45) is 5.73 Å². The molecule has 2 nitrogen and oxygen atoms in total. The number of rotatable bonds is 4. The molecule has 2 aromatic rings. The summed E-state index contributed by atoms with van der Waals surface area (Å²) in [5, 5.41) is 0. The number of benzene rings is 2. The molecule has 0 heterocycles. The Morgan fingerprint density at radius 2 is 1.83 bits per heavy atom. The molecule has 0 aromatic heterocycles. The molecule has 0 radical (unpaired) electrons. The molecule has 2 aromatic carbocycles. The highest BCUT2D eigenvalue weighted by Gasteiger charge is 2.18. The second-order valence-electron chi connectivity index (χ2n) is 4.56. The molecule has 0 saturated carbocycles. The van der Waals surface area contributed by atoms with Gasteiger partial charge in [-0.05, 0) is 24.5 Å². The number of hydrogen-bond donors (Lipinski definition) is 1. The van der Waals surface area contributed by atoms with E-state index in [1.54, 1.807) is 0 Å². The summed E-state index contributed by atoms with van der Waals surface area (Å²) in [5.74, 6) is -0.531. The van der Waals surface area contributed by atoms with Gasteiger partial charge in [-0.25, -0.2) is 0 Å². The van der Waals surface area contributed by atoms with Crippen molar-refractivity contribution in [3.63, 3.8) is 0 Å². The predicted octanol–water partition coefficient (Wildman–Crippen LogP) is 2.81. The summed E-state index contributed by atoms with van der Waals surface area (Å²) in [6.45, 7) is 2.02. The second-order valence-corrected chi connectivity index (χ2v) is 4.56. The highest BCUT2D eigenvalue weighted by Crippen LogP contribution is 2.21. The number of carbonyl (C=O) groups is 1. The second kappa shape index (κ2) is 5.50. The molecule has 0 saturated heterocycles. The summed E-state index contributed by atoms with van der Waals surface area (Å²) in [6, 6.07) is 17.9. The Morgan fingerprint density at radius 1 is 1.11 bits per heavy atom. The molecule has 1 unspecified atom stereocenters. The highest BCUT2D eigenvalue weighted by atomic mass is 16.1. The summed E-state index contributed by atoms with van der Waals surface area (Å²) < 4.78 is 0. The minimum absolute atomic E-state index is 0.257. The first-order chi connectivity index (χ1) is 8.66. The number of primary amides is 1. The van der Waals surface area contributed by atoms with Gasteiger partial charge in [-0.15, -0.1) is 0 Å². The van der Waals surface area contributed by atoms with Crippen LogP contribution in [0.15, 0.2) is 54.6 Å². The predicted molar refractivity (Wildman–Crippen MR) is 73.3 cm³/mol. The quantitative estimate of drug-likeness (QED) is 0.876. The zero-order chi connectivity index (χ0) is 13.0. The summed E-state index contributed by atoms with van der Waals surface area (Å²) in [6.07, 6.45) is 0.652. The monoisotopic (exact) mass is 239 g/mol. The van der Waals surface area contributed by atoms with Crippen molar-refractivity contribution in [3.8, 4) is 0 Å². The van der Waals surface area contributed by atoms with Crippen LogP contribution in [0.25, 0.3) is 0 Å². The van der Waals surface area contributed by atoms with Crippen LogP contribution in [0.4, 0.5) is 0 Å². The summed E-state index contributed by atoms with van der Waals surface area (Å²) >= 11 is 0. The summed E-state index contributed by atoms with van der Waals surface area (Å²) in [7, 11) is 0. The van der Waals surface area contributed by atoms with Gasteiger partial charge in [0.15, 0.2) is 0 Å². The van der Waals surface area contributed by atoms with E-state index in [1.807, 2.05) is 61.5 Å². The van der Waals surface area contributed by atoms with Crippen LogP contribution in [-0.4, -0.2) is 5.91 Å². The largest absolute Gasteiger partial charge is 0.369 e. The van der Waals surface area contributed by atoms with E-state index in [-0.39, 0.29) is 11.8 Å². The third-order valence-corrected chi connectivity index (χ3v) is 3.07. The molecular formula is C16H17NO. The molecule has 2 rings (SSSR count). The fourth-order valence-corrected chi connectivity index (χ4v) is 2.12. The smallest absolute Gasteiger partial charge is 0.225 e. The first-order valence-corrected chi connectivity index (χ1v) is 6.06. The highest BCUT2D eigenvalue weighted by molar-refractivity contribution is 5.82. The Hall–Kier alpha value is -2.09. The van der Waals surface area contributed by atoms with Crippen LogP contribution < -0.4 is 5.73 Å².